The number of halogens is 3. The van der Waals surface area contributed by atoms with Gasteiger partial charge in [0, 0.05) is 61.1 Å². The van der Waals surface area contributed by atoms with Crippen LogP contribution in [0.2, 0.25) is 0 Å². The third-order valence-electron chi connectivity index (χ3n) is 12.2. The molecule has 17 heteroatoms. The molecule has 4 amide bonds. The Bertz CT molecular complexity index is 2300. The fourth-order valence-electron chi connectivity index (χ4n) is 8.46. The number of amides is 4. The Kier molecular flexibility index (Phi) is 12.3. The summed E-state index contributed by atoms with van der Waals surface area (Å²) in [6.45, 7) is 13.6. The van der Waals surface area contributed by atoms with Crippen LogP contribution in [-0.2, 0) is 14.3 Å². The molecule has 1 saturated carbocycles. The summed E-state index contributed by atoms with van der Waals surface area (Å²) in [7, 11) is 1.24. The summed E-state index contributed by atoms with van der Waals surface area (Å²) < 4.78 is 50.3. The lowest BCUT2D eigenvalue weighted by atomic mass is 10.0. The number of nitrogens with zero attached hydrogens (tertiary/aromatic N) is 5. The molecule has 0 unspecified atom stereocenters. The molecule has 3 N–H and O–H groups in total. The number of carbonyl (C=O) groups excluding carboxylic acids is 4. The van der Waals surface area contributed by atoms with Gasteiger partial charge in [0.25, 0.3) is 5.91 Å². The minimum atomic E-state index is -5.01. The molecule has 14 nitrogen and oxygen atoms in total. The number of piperazine rings is 1. The van der Waals surface area contributed by atoms with Crippen LogP contribution >= 0.6 is 0 Å². The largest absolute Gasteiger partial charge is 0.573 e. The summed E-state index contributed by atoms with van der Waals surface area (Å²) in [6.07, 6.45) is -0.316. The van der Waals surface area contributed by atoms with Crippen molar-refractivity contribution in [3.63, 3.8) is 0 Å². The topological polar surface area (TPSA) is 162 Å². The fraction of sp³-hybridized carbons (Fsp3) is 0.467. The van der Waals surface area contributed by atoms with Gasteiger partial charge in [-0.25, -0.2) is 14.8 Å². The van der Waals surface area contributed by atoms with Crippen molar-refractivity contribution in [1.29, 1.82) is 0 Å². The molecule has 0 spiro atoms. The van der Waals surface area contributed by atoms with E-state index in [0.29, 0.717) is 54.5 Å². The van der Waals surface area contributed by atoms with Crippen LogP contribution in [0.3, 0.4) is 0 Å². The maximum absolute atomic E-state index is 13.7. The lowest BCUT2D eigenvalue weighted by molar-refractivity contribution is -0.274. The van der Waals surface area contributed by atoms with Crippen molar-refractivity contribution in [2.24, 2.45) is 17.3 Å². The number of hydrogen-bond acceptors (Lipinski definition) is 9. The van der Waals surface area contributed by atoms with Gasteiger partial charge in [0.05, 0.1) is 30.6 Å². The average Bonchev–Trinajstić information content (AvgIpc) is 3.57. The molecule has 4 heterocycles. The Morgan fingerprint density at radius 2 is 1.63 bits per heavy atom. The van der Waals surface area contributed by atoms with Gasteiger partial charge >= 0.3 is 12.5 Å². The monoisotopic (exact) mass is 858 g/mol. The van der Waals surface area contributed by atoms with E-state index in [1.54, 1.807) is 47.5 Å². The summed E-state index contributed by atoms with van der Waals surface area (Å²) in [5.74, 6) is -0.0000108. The quantitative estimate of drug-likeness (QED) is 0.137. The zero-order valence-electron chi connectivity index (χ0n) is 35.9. The first kappa shape index (κ1) is 43.9. The number of nitrogens with one attached hydrogen (secondary N) is 3. The summed E-state index contributed by atoms with van der Waals surface area (Å²) >= 11 is 0. The van der Waals surface area contributed by atoms with Crippen LogP contribution in [0.25, 0.3) is 22.4 Å². The van der Waals surface area contributed by atoms with Crippen molar-refractivity contribution in [2.45, 2.75) is 91.3 Å². The number of aromatic nitrogens is 3. The lowest BCUT2D eigenvalue weighted by Crippen LogP contribution is -2.59. The molecule has 5 atom stereocenters. The van der Waals surface area contributed by atoms with Gasteiger partial charge in [0.1, 0.15) is 23.4 Å². The number of pyridine rings is 1. The molecule has 0 bridgehead atoms. The van der Waals surface area contributed by atoms with Gasteiger partial charge in [-0.1, -0.05) is 52.0 Å². The summed E-state index contributed by atoms with van der Waals surface area (Å²) in [6, 6.07) is 13.1. The number of hydrogen-bond donors (Lipinski definition) is 3. The maximum atomic E-state index is 13.7. The molecule has 4 aromatic rings. The number of H-pyrrole nitrogens is 1. The first-order valence-electron chi connectivity index (χ1n) is 20.9. The van der Waals surface area contributed by atoms with Crippen LogP contribution in [0.15, 0.2) is 67.0 Å². The lowest BCUT2D eigenvalue weighted by Gasteiger charge is -2.45. The number of imidazole rings is 1. The van der Waals surface area contributed by atoms with Crippen molar-refractivity contribution in [3.8, 4) is 28.1 Å². The molecule has 2 aromatic carbocycles. The van der Waals surface area contributed by atoms with E-state index in [-0.39, 0.29) is 64.0 Å². The van der Waals surface area contributed by atoms with Crippen LogP contribution in [0.1, 0.15) is 83.0 Å². The molecular formula is C45H53F3N8O6. The van der Waals surface area contributed by atoms with Gasteiger partial charge in [0.2, 0.25) is 11.8 Å². The predicted molar refractivity (Wildman–Crippen MR) is 226 cm³/mol. The van der Waals surface area contributed by atoms with E-state index in [1.807, 2.05) is 32.6 Å². The number of anilines is 2. The van der Waals surface area contributed by atoms with E-state index in [2.05, 4.69) is 49.1 Å². The normalized spacial score (nSPS) is 21.4. The first-order chi connectivity index (χ1) is 29.3. The maximum Gasteiger partial charge on any atom is 0.573 e. The zero-order chi connectivity index (χ0) is 44.7. The van der Waals surface area contributed by atoms with Gasteiger partial charge in [0.15, 0.2) is 0 Å². The Balaban J connectivity index is 1.02. The molecule has 3 aliphatic rings. The van der Waals surface area contributed by atoms with Gasteiger partial charge in [-0.2, -0.15) is 0 Å². The van der Waals surface area contributed by atoms with Gasteiger partial charge < -0.3 is 39.8 Å². The smallest absolute Gasteiger partial charge is 0.453 e. The fourth-order valence-corrected chi connectivity index (χ4v) is 8.46. The Labute approximate surface area is 358 Å². The molecular weight excluding hydrogens is 806 g/mol. The van der Waals surface area contributed by atoms with E-state index >= 15 is 0 Å². The predicted octanol–water partition coefficient (Wildman–Crippen LogP) is 7.81. The molecule has 3 fully saturated rings. The highest BCUT2D eigenvalue weighted by atomic mass is 19.4. The number of alkyl carbamates (subject to hydrolysis) is 1. The third kappa shape index (κ3) is 9.50. The molecule has 0 radical (unpaired) electrons. The summed E-state index contributed by atoms with van der Waals surface area (Å²) in [5, 5.41) is 5.30. The summed E-state index contributed by atoms with van der Waals surface area (Å²) in [4.78, 5) is 70.2. The van der Waals surface area contributed by atoms with Crippen LogP contribution in [-0.4, -0.2) is 99.8 Å². The molecule has 1 aliphatic carbocycles. The number of benzene rings is 2. The zero-order valence-corrected chi connectivity index (χ0v) is 35.9. The number of alkyl halides is 3. The van der Waals surface area contributed by atoms with Gasteiger partial charge in [-0.05, 0) is 79.8 Å². The second-order valence-electron chi connectivity index (χ2n) is 17.5. The third-order valence-corrected chi connectivity index (χ3v) is 12.2. The van der Waals surface area contributed by atoms with Crippen molar-refractivity contribution >= 4 is 35.3 Å². The average molecular weight is 859 g/mol. The number of methoxy groups -OCH3 is 1. The second kappa shape index (κ2) is 17.3. The van der Waals surface area contributed by atoms with E-state index in [1.165, 1.54) is 25.4 Å². The molecule has 7 rings (SSSR count). The number of aromatic amines is 1. The highest BCUT2D eigenvalue weighted by molar-refractivity contribution is 6.04. The van der Waals surface area contributed by atoms with Crippen molar-refractivity contribution in [2.75, 3.05) is 37.0 Å². The minimum Gasteiger partial charge on any atom is -0.453 e. The summed E-state index contributed by atoms with van der Waals surface area (Å²) in [5.41, 5.74) is 2.27. The highest BCUT2D eigenvalue weighted by Gasteiger charge is 2.53. The molecule has 62 heavy (non-hydrogen) atoms. The van der Waals surface area contributed by atoms with Gasteiger partial charge in [-0.15, -0.1) is 13.2 Å². The van der Waals surface area contributed by atoms with Crippen LogP contribution in [0, 0.1) is 17.3 Å². The Morgan fingerprint density at radius 3 is 2.26 bits per heavy atom. The number of rotatable bonds is 11. The Hall–Kier alpha value is -6.13. The SMILES string of the molecule is COC(=O)N[C@H](C(=O)N1CCC[C@H]1c1ncc(-c2ccc(-c3ccc(NC(=O)c4ccc(N5C[C@H](C)N(C(=O)[C@H]6CC6(C)C)C[C@H]5C)nc4)cc3OC(F)(F)F)cc2)[nH]1)C(C)C. The molecule has 2 aliphatic heterocycles. The van der Waals surface area contributed by atoms with Crippen molar-refractivity contribution in [1.82, 2.24) is 30.1 Å². The second-order valence-corrected chi connectivity index (χ2v) is 17.5. The minimum absolute atomic E-state index is 0.00114. The number of ether oxygens (including phenoxy) is 2. The first-order valence-corrected chi connectivity index (χ1v) is 20.9. The van der Waals surface area contributed by atoms with E-state index < -0.39 is 30.2 Å². The van der Waals surface area contributed by atoms with Crippen molar-refractivity contribution < 1.29 is 41.8 Å². The Morgan fingerprint density at radius 1 is 0.919 bits per heavy atom. The molecule has 2 saturated heterocycles. The van der Waals surface area contributed by atoms with Crippen LogP contribution in [0.4, 0.5) is 29.5 Å². The molecule has 330 valence electrons. The number of carbonyl (C=O) groups is 4. The van der Waals surface area contributed by atoms with E-state index in [4.69, 9.17) is 4.74 Å². The standard InChI is InChI=1S/C45H53F3N8O6/c1-25(2)38(53-43(60)61-7)42(59)54-18-8-9-35(54)39-50-22-34(52-39)29-12-10-28(11-13-29)32-16-15-31(19-36(32)62-45(46,47)48)51-40(57)30-14-17-37(49-21-30)55-23-27(4)56(24-26(55)3)41(58)33-20-44(33,5)6/h10-17,19,21-22,25-27,33,35,38H,8-9,18,20,23-24H2,1-7H3,(H,50,52)(H,51,57)(H,53,60)/t26-,27+,33-,35+,38+/m1/s1. The van der Waals surface area contributed by atoms with Crippen LogP contribution in [0.5, 0.6) is 5.75 Å². The number of likely N-dealkylation sites (tertiary alicyclic amines) is 1. The van der Waals surface area contributed by atoms with E-state index in [9.17, 15) is 32.3 Å². The highest BCUT2D eigenvalue weighted by Crippen LogP contribution is 2.53. The van der Waals surface area contributed by atoms with Crippen molar-refractivity contribution in [3.05, 3.63) is 78.4 Å². The van der Waals surface area contributed by atoms with Crippen LogP contribution < -0.4 is 20.3 Å². The molecule has 2 aromatic heterocycles. The van der Waals surface area contributed by atoms with Gasteiger partial charge in [-0.3, -0.25) is 14.4 Å². The van der Waals surface area contributed by atoms with E-state index in [0.717, 1.165) is 18.9 Å².